The number of anilines is 1. The molecule has 1 heterocycles. The van der Waals surface area contributed by atoms with Crippen molar-refractivity contribution in [2.75, 3.05) is 12.3 Å². The first-order valence-electron chi connectivity index (χ1n) is 7.27. The third-order valence-corrected chi connectivity index (χ3v) is 5.15. The Labute approximate surface area is 141 Å². The van der Waals surface area contributed by atoms with Crippen molar-refractivity contribution >= 4 is 9.71 Å². The number of fused-ring (bicyclic) bond motifs is 1. The molecule has 0 bridgehead atoms. The van der Waals surface area contributed by atoms with Gasteiger partial charge in [0, 0.05) is 0 Å². The van der Waals surface area contributed by atoms with Crippen LogP contribution in [0.3, 0.4) is 0 Å². The zero-order valence-corrected chi connectivity index (χ0v) is 15.4. The standard InChI is InChI=1S/C18H17N3.W/c1-2-21-9-8-15-16(13-6-4-3-5-7-13)10-14(11-19)18(20)17(15)12-21;/h3-7,10H,8-9,12,20H2,1H3;. The van der Waals surface area contributed by atoms with Crippen LogP contribution in [0.15, 0.2) is 36.4 Å². The van der Waals surface area contributed by atoms with Gasteiger partial charge in [-0.1, -0.05) is 0 Å². The Hall–Kier alpha value is -1.75. The van der Waals surface area contributed by atoms with Crippen LogP contribution in [0.5, 0.6) is 0 Å². The SMILES string of the molecule is C[C](=[W])N1CCc2c(-c3ccccc3)cc(C#N)c(N)c2C1. The molecule has 0 atom stereocenters. The van der Waals surface area contributed by atoms with Gasteiger partial charge >= 0.3 is 142 Å². The second-order valence-electron chi connectivity index (χ2n) is 5.51. The van der Waals surface area contributed by atoms with E-state index in [2.05, 4.69) is 30.0 Å². The maximum atomic E-state index is 9.42. The molecule has 2 N–H and O–H groups in total. The van der Waals surface area contributed by atoms with Crippen LogP contribution in [-0.2, 0) is 32.3 Å². The van der Waals surface area contributed by atoms with E-state index in [4.69, 9.17) is 5.73 Å². The first kappa shape index (κ1) is 15.2. The summed E-state index contributed by atoms with van der Waals surface area (Å²) in [6.45, 7) is 3.99. The van der Waals surface area contributed by atoms with E-state index in [1.165, 1.54) is 28.9 Å². The van der Waals surface area contributed by atoms with Crippen molar-refractivity contribution in [1.82, 2.24) is 4.90 Å². The molecule has 0 amide bonds. The predicted molar refractivity (Wildman–Crippen MR) is 85.8 cm³/mol. The fraction of sp³-hybridized carbons (Fsp3) is 0.222. The Bertz CT molecular complexity index is 775. The Morgan fingerprint density at radius 1 is 1.27 bits per heavy atom. The Balaban J connectivity index is 2.20. The van der Waals surface area contributed by atoms with Gasteiger partial charge in [-0.3, -0.25) is 0 Å². The number of nitrogens with two attached hydrogens (primary N) is 1. The van der Waals surface area contributed by atoms with Gasteiger partial charge in [-0.2, -0.15) is 0 Å². The molecule has 22 heavy (non-hydrogen) atoms. The van der Waals surface area contributed by atoms with Gasteiger partial charge < -0.3 is 0 Å². The number of hydrogen-bond acceptors (Lipinski definition) is 3. The average molecular weight is 459 g/mol. The Morgan fingerprint density at radius 3 is 2.64 bits per heavy atom. The molecule has 0 saturated heterocycles. The monoisotopic (exact) mass is 459 g/mol. The van der Waals surface area contributed by atoms with E-state index < -0.39 is 0 Å². The van der Waals surface area contributed by atoms with Crippen LogP contribution in [0.25, 0.3) is 11.1 Å². The van der Waals surface area contributed by atoms with Crippen molar-refractivity contribution in [3.05, 3.63) is 53.1 Å². The molecule has 0 aliphatic carbocycles. The third kappa shape index (κ3) is 2.65. The summed E-state index contributed by atoms with van der Waals surface area (Å²) in [6.07, 6.45) is 0.972. The summed E-state index contributed by atoms with van der Waals surface area (Å²) in [6, 6.07) is 14.5. The molecule has 0 spiro atoms. The van der Waals surface area contributed by atoms with Crippen molar-refractivity contribution in [2.24, 2.45) is 0 Å². The molecule has 3 nitrogen and oxygen atoms in total. The second kappa shape index (κ2) is 6.16. The van der Waals surface area contributed by atoms with Gasteiger partial charge in [0.15, 0.2) is 0 Å². The number of nitrogen functional groups attached to an aromatic ring is 1. The molecular weight excluding hydrogens is 442 g/mol. The molecule has 2 aromatic rings. The van der Waals surface area contributed by atoms with E-state index in [0.29, 0.717) is 11.3 Å². The van der Waals surface area contributed by atoms with E-state index in [9.17, 15) is 5.26 Å². The zero-order chi connectivity index (χ0) is 15.7. The van der Waals surface area contributed by atoms with Crippen LogP contribution >= 0.6 is 0 Å². The molecule has 0 aromatic heterocycles. The van der Waals surface area contributed by atoms with Crippen LogP contribution in [-0.4, -0.2) is 15.5 Å². The minimum atomic E-state index is 0.584. The average Bonchev–Trinajstić information content (AvgIpc) is 2.56. The second-order valence-corrected chi connectivity index (χ2v) is 7.63. The van der Waals surface area contributed by atoms with Crippen LogP contribution in [0, 0.1) is 11.3 Å². The molecule has 2 aromatic carbocycles. The summed E-state index contributed by atoms with van der Waals surface area (Å²) < 4.78 is 1.37. The molecule has 1 aliphatic rings. The molecule has 4 heteroatoms. The molecule has 0 unspecified atom stereocenters. The van der Waals surface area contributed by atoms with Crippen molar-refractivity contribution in [2.45, 2.75) is 19.9 Å². The number of nitriles is 1. The molecular formula is C18H17N3W. The van der Waals surface area contributed by atoms with E-state index in [1.807, 2.05) is 24.3 Å². The first-order valence-corrected chi connectivity index (χ1v) is 8.73. The van der Waals surface area contributed by atoms with E-state index >= 15 is 0 Å². The summed E-state index contributed by atoms with van der Waals surface area (Å²) in [7, 11) is 0. The number of hydrogen-bond donors (Lipinski definition) is 1. The summed E-state index contributed by atoms with van der Waals surface area (Å²) in [5.41, 5.74) is 12.3. The number of benzene rings is 2. The number of nitrogens with zero attached hydrogens (tertiary/aromatic N) is 2. The summed E-state index contributed by atoms with van der Waals surface area (Å²) in [5, 5.41) is 9.42. The molecule has 0 saturated carbocycles. The fourth-order valence-corrected chi connectivity index (χ4v) is 3.58. The van der Waals surface area contributed by atoms with Gasteiger partial charge in [-0.25, -0.2) is 0 Å². The normalized spacial score (nSPS) is 14.2. The summed E-state index contributed by atoms with van der Waals surface area (Å²) >= 11 is 1.48. The topological polar surface area (TPSA) is 53.0 Å². The van der Waals surface area contributed by atoms with Gasteiger partial charge in [-0.05, 0) is 0 Å². The van der Waals surface area contributed by atoms with E-state index in [0.717, 1.165) is 36.2 Å². The first-order chi connectivity index (χ1) is 10.6. The van der Waals surface area contributed by atoms with E-state index in [1.54, 1.807) is 0 Å². The summed E-state index contributed by atoms with van der Waals surface area (Å²) in [4.78, 5) is 2.37. The van der Waals surface area contributed by atoms with Crippen LogP contribution in [0.4, 0.5) is 5.69 Å². The van der Waals surface area contributed by atoms with Crippen LogP contribution < -0.4 is 5.73 Å². The van der Waals surface area contributed by atoms with Crippen molar-refractivity contribution in [1.29, 1.82) is 5.26 Å². The summed E-state index contributed by atoms with van der Waals surface area (Å²) in [5.74, 6) is 0. The maximum absolute atomic E-state index is 9.42. The van der Waals surface area contributed by atoms with Gasteiger partial charge in [0.2, 0.25) is 0 Å². The van der Waals surface area contributed by atoms with Crippen molar-refractivity contribution < 1.29 is 19.4 Å². The fourth-order valence-electron chi connectivity index (χ4n) is 3.02. The molecule has 3 rings (SSSR count). The number of rotatable bonds is 2. The molecule has 0 fully saturated rings. The zero-order valence-electron chi connectivity index (χ0n) is 12.5. The molecule has 110 valence electrons. The Morgan fingerprint density at radius 2 is 2.00 bits per heavy atom. The third-order valence-electron chi connectivity index (χ3n) is 4.22. The van der Waals surface area contributed by atoms with Gasteiger partial charge in [0.05, 0.1) is 0 Å². The molecule has 0 radical (unpaired) electrons. The minimum absolute atomic E-state index is 0.584. The van der Waals surface area contributed by atoms with Crippen LogP contribution in [0.1, 0.15) is 23.6 Å². The van der Waals surface area contributed by atoms with Gasteiger partial charge in [0.25, 0.3) is 0 Å². The van der Waals surface area contributed by atoms with Crippen LogP contribution in [0.2, 0.25) is 0 Å². The van der Waals surface area contributed by atoms with E-state index in [-0.39, 0.29) is 0 Å². The van der Waals surface area contributed by atoms with Gasteiger partial charge in [-0.15, -0.1) is 0 Å². The quantitative estimate of drug-likeness (QED) is 0.704. The van der Waals surface area contributed by atoms with Gasteiger partial charge in [0.1, 0.15) is 0 Å². The van der Waals surface area contributed by atoms with Crippen molar-refractivity contribution in [3.8, 4) is 17.2 Å². The van der Waals surface area contributed by atoms with Crippen molar-refractivity contribution in [3.63, 3.8) is 0 Å². The predicted octanol–water partition coefficient (Wildman–Crippen LogP) is 2.86. The molecule has 1 aliphatic heterocycles. The Kier molecular flexibility index (Phi) is 4.25.